The Hall–Kier alpha value is -2.19. The van der Waals surface area contributed by atoms with Gasteiger partial charge < -0.3 is 4.90 Å². The number of halogens is 1. The zero-order valence-corrected chi connectivity index (χ0v) is 16.9. The number of aromatic nitrogens is 1. The molecule has 1 aromatic heterocycles. The van der Waals surface area contributed by atoms with Crippen molar-refractivity contribution in [2.45, 2.75) is 6.67 Å². The van der Waals surface area contributed by atoms with Crippen LogP contribution < -0.4 is 19.8 Å². The molecule has 0 spiro atoms. The molecular weight excluding hydrogens is 457 g/mol. The Kier molecular flexibility index (Phi) is 5.03. The Morgan fingerprint density at radius 2 is 1.85 bits per heavy atom. The van der Waals surface area contributed by atoms with Crippen molar-refractivity contribution in [3.8, 4) is 0 Å². The van der Waals surface area contributed by atoms with Crippen LogP contribution in [0.3, 0.4) is 0 Å². The summed E-state index contributed by atoms with van der Waals surface area (Å²) in [5.41, 5.74) is 2.20. The van der Waals surface area contributed by atoms with Crippen LogP contribution in [0.4, 0.5) is 5.69 Å². The summed E-state index contributed by atoms with van der Waals surface area (Å²) in [5, 5.41) is 0. The minimum absolute atomic E-state index is 0.0154. The molecule has 0 atom stereocenters. The first-order valence-electron chi connectivity index (χ1n) is 8.19. The van der Waals surface area contributed by atoms with Gasteiger partial charge in [-0.25, -0.2) is 4.99 Å². The maximum absolute atomic E-state index is 12.7. The highest BCUT2D eigenvalue weighted by molar-refractivity contribution is 14.1. The number of allylic oxidation sites excluding steroid dienone is 1. The summed E-state index contributed by atoms with van der Waals surface area (Å²) >= 11 is 3.73. The van der Waals surface area contributed by atoms with Crippen LogP contribution in [-0.2, 0) is 6.67 Å². The summed E-state index contributed by atoms with van der Waals surface area (Å²) in [5.74, 6) is 0. The molecule has 1 aliphatic rings. The first-order chi connectivity index (χ1) is 12.7. The Balaban J connectivity index is 1.61. The SMILES string of the molecule is O=c1/c(=C/C=C/c2ccccc2)sc2n1CN(c1ccc(I)cc1)CN=2. The van der Waals surface area contributed by atoms with Gasteiger partial charge in [-0.05, 0) is 58.5 Å². The van der Waals surface area contributed by atoms with Gasteiger partial charge in [-0.1, -0.05) is 53.8 Å². The van der Waals surface area contributed by atoms with Crippen LogP contribution in [0.1, 0.15) is 5.56 Å². The standard InChI is InChI=1S/C20H16IN3OS/c21-16-9-11-17(12-10-16)23-13-22-20-24(14-23)19(25)18(26-20)8-4-7-15-5-2-1-3-6-15/h1-12H,13-14H2/b7-4+,18-8-. The molecule has 0 N–H and O–H groups in total. The molecule has 130 valence electrons. The van der Waals surface area contributed by atoms with Crippen LogP contribution in [-0.4, -0.2) is 11.2 Å². The number of thiazole rings is 1. The van der Waals surface area contributed by atoms with E-state index >= 15 is 0 Å². The smallest absolute Gasteiger partial charge is 0.271 e. The highest BCUT2D eigenvalue weighted by Gasteiger charge is 2.15. The number of anilines is 1. The lowest BCUT2D eigenvalue weighted by atomic mass is 10.2. The van der Waals surface area contributed by atoms with E-state index in [1.165, 1.54) is 14.9 Å². The van der Waals surface area contributed by atoms with E-state index in [9.17, 15) is 4.79 Å². The third-order valence-corrected chi connectivity index (χ3v) is 5.89. The largest absolute Gasteiger partial charge is 0.334 e. The van der Waals surface area contributed by atoms with Crippen LogP contribution in [0.5, 0.6) is 0 Å². The summed E-state index contributed by atoms with van der Waals surface area (Å²) in [6, 6.07) is 18.3. The highest BCUT2D eigenvalue weighted by atomic mass is 127. The molecule has 0 fully saturated rings. The summed E-state index contributed by atoms with van der Waals surface area (Å²) in [6.07, 6.45) is 5.79. The second-order valence-electron chi connectivity index (χ2n) is 5.88. The maximum Gasteiger partial charge on any atom is 0.271 e. The third kappa shape index (κ3) is 3.66. The van der Waals surface area contributed by atoms with Crippen molar-refractivity contribution in [1.82, 2.24) is 4.57 Å². The molecule has 0 amide bonds. The van der Waals surface area contributed by atoms with Crippen molar-refractivity contribution in [2.75, 3.05) is 11.6 Å². The molecule has 6 heteroatoms. The van der Waals surface area contributed by atoms with Gasteiger partial charge in [-0.2, -0.15) is 0 Å². The molecule has 0 saturated carbocycles. The quantitative estimate of drug-likeness (QED) is 0.549. The van der Waals surface area contributed by atoms with Gasteiger partial charge in [-0.15, -0.1) is 0 Å². The predicted octanol–water partition coefficient (Wildman–Crippen LogP) is 3.06. The summed E-state index contributed by atoms with van der Waals surface area (Å²) in [4.78, 5) is 20.2. The third-order valence-electron chi connectivity index (χ3n) is 4.10. The van der Waals surface area contributed by atoms with E-state index in [4.69, 9.17) is 0 Å². The molecule has 0 saturated heterocycles. The van der Waals surface area contributed by atoms with E-state index in [1.54, 1.807) is 4.57 Å². The lowest BCUT2D eigenvalue weighted by Gasteiger charge is -2.25. The molecule has 0 radical (unpaired) electrons. The normalized spacial score (nSPS) is 14.5. The van der Waals surface area contributed by atoms with E-state index in [2.05, 4.69) is 56.7 Å². The molecular formula is C20H16IN3OS. The van der Waals surface area contributed by atoms with E-state index in [0.717, 1.165) is 16.1 Å². The Labute approximate surface area is 168 Å². The Morgan fingerprint density at radius 3 is 2.62 bits per heavy atom. The molecule has 3 aromatic rings. The van der Waals surface area contributed by atoms with Crippen molar-refractivity contribution in [2.24, 2.45) is 4.99 Å². The summed E-state index contributed by atoms with van der Waals surface area (Å²) in [6.45, 7) is 1.10. The van der Waals surface area contributed by atoms with Crippen LogP contribution >= 0.6 is 33.9 Å². The first-order valence-corrected chi connectivity index (χ1v) is 10.1. The van der Waals surface area contributed by atoms with Gasteiger partial charge in [-0.3, -0.25) is 9.36 Å². The number of benzene rings is 2. The molecule has 0 unspecified atom stereocenters. The van der Waals surface area contributed by atoms with Gasteiger partial charge in [0.25, 0.3) is 5.56 Å². The van der Waals surface area contributed by atoms with Crippen molar-refractivity contribution >= 4 is 51.8 Å². The Bertz CT molecular complexity index is 1110. The zero-order chi connectivity index (χ0) is 17.9. The summed E-state index contributed by atoms with van der Waals surface area (Å²) in [7, 11) is 0. The van der Waals surface area contributed by atoms with E-state index < -0.39 is 0 Å². The minimum atomic E-state index is 0.0154. The molecule has 2 heterocycles. The van der Waals surface area contributed by atoms with Gasteiger partial charge in [0.05, 0.1) is 4.53 Å². The fraction of sp³-hybridized carbons (Fsp3) is 0.100. The maximum atomic E-state index is 12.7. The van der Waals surface area contributed by atoms with Gasteiger partial charge >= 0.3 is 0 Å². The van der Waals surface area contributed by atoms with Crippen LogP contribution in [0.15, 0.2) is 70.5 Å². The van der Waals surface area contributed by atoms with Crippen molar-refractivity contribution < 1.29 is 0 Å². The first kappa shape index (κ1) is 17.2. The van der Waals surface area contributed by atoms with Gasteiger partial charge in [0.2, 0.25) is 0 Å². The number of rotatable bonds is 3. The van der Waals surface area contributed by atoms with Crippen molar-refractivity contribution in [3.63, 3.8) is 0 Å². The zero-order valence-electron chi connectivity index (χ0n) is 13.9. The van der Waals surface area contributed by atoms with Crippen LogP contribution in [0, 0.1) is 3.57 Å². The second-order valence-corrected chi connectivity index (χ2v) is 8.13. The van der Waals surface area contributed by atoms with E-state index in [-0.39, 0.29) is 5.56 Å². The van der Waals surface area contributed by atoms with E-state index in [0.29, 0.717) is 17.9 Å². The second kappa shape index (κ2) is 7.59. The van der Waals surface area contributed by atoms with E-state index in [1.807, 2.05) is 48.6 Å². The summed E-state index contributed by atoms with van der Waals surface area (Å²) < 4.78 is 3.64. The average Bonchev–Trinajstić information content (AvgIpc) is 2.99. The minimum Gasteiger partial charge on any atom is -0.334 e. The lowest BCUT2D eigenvalue weighted by Crippen LogP contribution is -2.42. The molecule has 0 bridgehead atoms. The number of hydrogen-bond donors (Lipinski definition) is 0. The molecule has 0 aliphatic carbocycles. The fourth-order valence-corrected chi connectivity index (χ4v) is 4.03. The average molecular weight is 473 g/mol. The van der Waals surface area contributed by atoms with Crippen molar-refractivity contribution in [1.29, 1.82) is 0 Å². The van der Waals surface area contributed by atoms with Gasteiger partial charge in [0, 0.05) is 9.26 Å². The van der Waals surface area contributed by atoms with Crippen LogP contribution in [0.25, 0.3) is 12.2 Å². The Morgan fingerprint density at radius 1 is 1.08 bits per heavy atom. The molecule has 4 nitrogen and oxygen atoms in total. The van der Waals surface area contributed by atoms with Gasteiger partial charge in [0.15, 0.2) is 4.80 Å². The molecule has 1 aliphatic heterocycles. The highest BCUT2D eigenvalue weighted by Crippen LogP contribution is 2.17. The number of hydrogen-bond acceptors (Lipinski definition) is 4. The predicted molar refractivity (Wildman–Crippen MR) is 116 cm³/mol. The lowest BCUT2D eigenvalue weighted by molar-refractivity contribution is 0.569. The number of nitrogens with zero attached hydrogens (tertiary/aromatic N) is 3. The topological polar surface area (TPSA) is 37.6 Å². The fourth-order valence-electron chi connectivity index (χ4n) is 2.75. The van der Waals surface area contributed by atoms with Crippen LogP contribution in [0.2, 0.25) is 0 Å². The number of fused-ring (bicyclic) bond motifs is 1. The molecule has 26 heavy (non-hydrogen) atoms. The molecule has 2 aromatic carbocycles. The molecule has 4 rings (SSSR count). The van der Waals surface area contributed by atoms with Crippen molar-refractivity contribution in [3.05, 3.63) is 89.5 Å². The monoisotopic (exact) mass is 473 g/mol. The van der Waals surface area contributed by atoms with Gasteiger partial charge in [0.1, 0.15) is 13.3 Å².